The van der Waals surface area contributed by atoms with Gasteiger partial charge >= 0.3 is 0 Å². The quantitative estimate of drug-likeness (QED) is 0.479. The number of benzene rings is 2. The van der Waals surface area contributed by atoms with E-state index in [1.807, 2.05) is 50.2 Å². The number of nitrogens with zero attached hydrogens (tertiary/aromatic N) is 2. The number of sulfonamides is 1. The van der Waals surface area contributed by atoms with Crippen molar-refractivity contribution in [3.8, 4) is 22.3 Å². The molecule has 2 aromatic heterocycles. The van der Waals surface area contributed by atoms with Gasteiger partial charge < -0.3 is 0 Å². The monoisotopic (exact) mass is 437 g/mol. The SMILES string of the molecule is CNS(=O)(=O)c1cc(-c2ccccc2Cl)c2c(C)c(-c3ccncc3)c(C)cc2n1. The molecule has 7 heteroatoms. The normalized spacial score (nSPS) is 11.7. The molecule has 4 rings (SSSR count). The van der Waals surface area contributed by atoms with Crippen LogP contribution in [0.5, 0.6) is 0 Å². The smallest absolute Gasteiger partial charge is 0.257 e. The molecule has 0 aliphatic carbocycles. The zero-order valence-corrected chi connectivity index (χ0v) is 18.3. The summed E-state index contributed by atoms with van der Waals surface area (Å²) >= 11 is 6.51. The van der Waals surface area contributed by atoms with Crippen molar-refractivity contribution in [2.45, 2.75) is 18.9 Å². The van der Waals surface area contributed by atoms with Crippen molar-refractivity contribution >= 4 is 32.5 Å². The fourth-order valence-electron chi connectivity index (χ4n) is 3.83. The first-order chi connectivity index (χ1) is 14.3. The van der Waals surface area contributed by atoms with E-state index >= 15 is 0 Å². The topological polar surface area (TPSA) is 72.0 Å². The van der Waals surface area contributed by atoms with Crippen molar-refractivity contribution in [2.24, 2.45) is 0 Å². The lowest BCUT2D eigenvalue weighted by Crippen LogP contribution is -2.20. The standard InChI is InChI=1S/C23H20ClN3O2S/c1-14-12-20-23(15(2)22(14)16-8-10-26-11-9-16)18(17-6-4-5-7-19(17)24)13-21(27-20)30(28,29)25-3/h4-13,25H,1-3H3. The van der Waals surface area contributed by atoms with Gasteiger partial charge in [0.15, 0.2) is 5.03 Å². The number of halogens is 1. The number of aromatic nitrogens is 2. The van der Waals surface area contributed by atoms with Crippen LogP contribution in [0.4, 0.5) is 0 Å². The van der Waals surface area contributed by atoms with E-state index in [-0.39, 0.29) is 5.03 Å². The molecule has 1 N–H and O–H groups in total. The van der Waals surface area contributed by atoms with Gasteiger partial charge in [0.1, 0.15) is 0 Å². The zero-order chi connectivity index (χ0) is 21.5. The van der Waals surface area contributed by atoms with Crippen LogP contribution >= 0.6 is 11.6 Å². The number of nitrogens with one attached hydrogen (secondary N) is 1. The zero-order valence-electron chi connectivity index (χ0n) is 16.8. The van der Waals surface area contributed by atoms with Crippen LogP contribution in [0, 0.1) is 13.8 Å². The Kier molecular flexibility index (Phi) is 5.32. The first-order valence-corrected chi connectivity index (χ1v) is 11.2. The van der Waals surface area contributed by atoms with Crippen LogP contribution in [0.3, 0.4) is 0 Å². The Morgan fingerprint density at radius 2 is 1.67 bits per heavy atom. The molecule has 0 bridgehead atoms. The van der Waals surface area contributed by atoms with Crippen LogP contribution in [0.1, 0.15) is 11.1 Å². The minimum atomic E-state index is -3.73. The van der Waals surface area contributed by atoms with Crippen molar-refractivity contribution in [1.82, 2.24) is 14.7 Å². The number of rotatable bonds is 4. The van der Waals surface area contributed by atoms with Crippen molar-refractivity contribution in [2.75, 3.05) is 7.05 Å². The number of fused-ring (bicyclic) bond motifs is 1. The van der Waals surface area contributed by atoms with Crippen LogP contribution in [-0.2, 0) is 10.0 Å². The Hall–Kier alpha value is -2.80. The summed E-state index contributed by atoms with van der Waals surface area (Å²) in [7, 11) is -2.36. The highest BCUT2D eigenvalue weighted by Gasteiger charge is 2.21. The summed E-state index contributed by atoms with van der Waals surface area (Å²) in [5, 5.41) is 1.38. The van der Waals surface area contributed by atoms with Crippen LogP contribution in [0.25, 0.3) is 33.2 Å². The number of pyridine rings is 2. The summed E-state index contributed by atoms with van der Waals surface area (Å²) in [6.45, 7) is 4.03. The van der Waals surface area contributed by atoms with Crippen LogP contribution in [-0.4, -0.2) is 25.4 Å². The first-order valence-electron chi connectivity index (χ1n) is 9.37. The van der Waals surface area contributed by atoms with Gasteiger partial charge in [0.05, 0.1) is 5.52 Å². The van der Waals surface area contributed by atoms with Crippen LogP contribution in [0.2, 0.25) is 5.02 Å². The molecule has 0 saturated carbocycles. The van der Waals surface area contributed by atoms with E-state index in [9.17, 15) is 8.42 Å². The largest absolute Gasteiger partial charge is 0.265 e. The maximum Gasteiger partial charge on any atom is 0.257 e. The molecule has 152 valence electrons. The molecule has 0 saturated heterocycles. The Bertz CT molecular complexity index is 1370. The van der Waals surface area contributed by atoms with Crippen LogP contribution < -0.4 is 4.72 Å². The molecule has 0 aliphatic rings. The average molecular weight is 438 g/mol. The second-order valence-electron chi connectivity index (χ2n) is 7.02. The van der Waals surface area contributed by atoms with Gasteiger partial charge in [-0.05, 0) is 79.0 Å². The summed E-state index contributed by atoms with van der Waals surface area (Å²) < 4.78 is 27.5. The summed E-state index contributed by atoms with van der Waals surface area (Å²) in [6.07, 6.45) is 3.52. The summed E-state index contributed by atoms with van der Waals surface area (Å²) in [5.41, 5.74) is 6.21. The third kappa shape index (κ3) is 3.47. The van der Waals surface area contributed by atoms with Gasteiger partial charge in [0, 0.05) is 28.4 Å². The van der Waals surface area contributed by atoms with E-state index in [1.54, 1.807) is 24.5 Å². The van der Waals surface area contributed by atoms with Gasteiger partial charge in [0.2, 0.25) is 0 Å². The van der Waals surface area contributed by atoms with E-state index in [4.69, 9.17) is 11.6 Å². The third-order valence-corrected chi connectivity index (χ3v) is 6.83. The predicted octanol–water partition coefficient (Wildman–Crippen LogP) is 5.14. The Morgan fingerprint density at radius 1 is 0.967 bits per heavy atom. The Labute approximate surface area is 180 Å². The molecular weight excluding hydrogens is 418 g/mol. The van der Waals surface area contributed by atoms with E-state index in [2.05, 4.69) is 14.7 Å². The minimum Gasteiger partial charge on any atom is -0.265 e. The van der Waals surface area contributed by atoms with Crippen molar-refractivity contribution in [3.05, 3.63) is 77.1 Å². The number of hydrogen-bond acceptors (Lipinski definition) is 4. The Morgan fingerprint density at radius 3 is 2.33 bits per heavy atom. The highest BCUT2D eigenvalue weighted by atomic mass is 35.5. The number of hydrogen-bond donors (Lipinski definition) is 1. The molecule has 0 fully saturated rings. The molecule has 0 unspecified atom stereocenters. The Balaban J connectivity index is 2.17. The first kappa shape index (κ1) is 20.5. The molecule has 0 aliphatic heterocycles. The second kappa shape index (κ2) is 7.80. The number of aryl methyl sites for hydroxylation is 2. The van der Waals surface area contributed by atoms with Crippen molar-refractivity contribution < 1.29 is 8.42 Å². The molecule has 2 heterocycles. The molecule has 2 aromatic carbocycles. The molecule has 4 aromatic rings. The van der Waals surface area contributed by atoms with Gasteiger partial charge in [-0.2, -0.15) is 0 Å². The average Bonchev–Trinajstić information content (AvgIpc) is 2.74. The molecule has 0 atom stereocenters. The second-order valence-corrected chi connectivity index (χ2v) is 9.26. The van der Waals surface area contributed by atoms with Gasteiger partial charge in [-0.25, -0.2) is 18.1 Å². The lowest BCUT2D eigenvalue weighted by atomic mass is 9.89. The minimum absolute atomic E-state index is 0.0390. The fourth-order valence-corrected chi connectivity index (χ4v) is 4.77. The summed E-state index contributed by atoms with van der Waals surface area (Å²) in [6, 6.07) is 14.8. The highest BCUT2D eigenvalue weighted by Crippen LogP contribution is 2.40. The van der Waals surface area contributed by atoms with E-state index < -0.39 is 10.0 Å². The maximum atomic E-state index is 12.6. The van der Waals surface area contributed by atoms with Crippen LogP contribution in [0.15, 0.2) is 66.0 Å². The van der Waals surface area contributed by atoms with Gasteiger partial charge in [-0.1, -0.05) is 29.8 Å². The summed E-state index contributed by atoms with van der Waals surface area (Å²) in [4.78, 5) is 8.60. The highest BCUT2D eigenvalue weighted by molar-refractivity contribution is 7.89. The molecular formula is C23H20ClN3O2S. The van der Waals surface area contributed by atoms with E-state index in [0.29, 0.717) is 10.5 Å². The molecule has 0 amide bonds. The molecule has 0 spiro atoms. The van der Waals surface area contributed by atoms with Crippen molar-refractivity contribution in [1.29, 1.82) is 0 Å². The summed E-state index contributed by atoms with van der Waals surface area (Å²) in [5.74, 6) is 0. The molecule has 0 radical (unpaired) electrons. The van der Waals surface area contributed by atoms with E-state index in [1.165, 1.54) is 7.05 Å². The third-order valence-electron chi connectivity index (χ3n) is 5.20. The fraction of sp³-hybridized carbons (Fsp3) is 0.130. The lowest BCUT2D eigenvalue weighted by Gasteiger charge is -2.18. The van der Waals surface area contributed by atoms with Gasteiger partial charge in [0.25, 0.3) is 10.0 Å². The molecule has 5 nitrogen and oxygen atoms in total. The van der Waals surface area contributed by atoms with Gasteiger partial charge in [-0.3, -0.25) is 4.98 Å². The molecule has 30 heavy (non-hydrogen) atoms. The predicted molar refractivity (Wildman–Crippen MR) is 121 cm³/mol. The lowest BCUT2D eigenvalue weighted by molar-refractivity contribution is 0.585. The van der Waals surface area contributed by atoms with Crippen molar-refractivity contribution in [3.63, 3.8) is 0 Å². The van der Waals surface area contributed by atoms with E-state index in [0.717, 1.165) is 38.8 Å². The van der Waals surface area contributed by atoms with Gasteiger partial charge in [-0.15, -0.1) is 0 Å². The maximum absolute atomic E-state index is 12.6.